The second-order valence-electron chi connectivity index (χ2n) is 7.98. The minimum absolute atomic E-state index is 0.0775. The Morgan fingerprint density at radius 1 is 0.944 bits per heavy atom. The number of benzene rings is 3. The number of nitrogens with zero attached hydrogens (tertiary/aromatic N) is 3. The normalized spacial score (nSPS) is 11.1. The van der Waals surface area contributed by atoms with Gasteiger partial charge in [0.05, 0.1) is 12.3 Å². The summed E-state index contributed by atoms with van der Waals surface area (Å²) < 4.78 is 38.9. The van der Waals surface area contributed by atoms with Crippen LogP contribution >= 0.6 is 11.6 Å². The molecule has 1 heterocycles. The number of thiol groups is 1. The number of nitrogens with one attached hydrogen (secondary N) is 1. The Hall–Kier alpha value is -3.76. The highest BCUT2D eigenvalue weighted by molar-refractivity contribution is 7.71. The standard InChI is InChI=1S/C25H22ClFN4O4S/c26-21-11-9-17(10-12-21)24-29-31(25(33)30(24)14-19-6-3-4-8-22(19)27)15-23(32)28-13-18-5-1-2-7-20(18)16-36(34)35/h1-12,36H,13-16H2,(H,28,32). The topological polar surface area (TPSA) is 103 Å². The lowest BCUT2D eigenvalue weighted by molar-refractivity contribution is -0.122. The van der Waals surface area contributed by atoms with Crippen molar-refractivity contribution in [3.05, 3.63) is 111 Å². The van der Waals surface area contributed by atoms with Gasteiger partial charge >= 0.3 is 5.69 Å². The van der Waals surface area contributed by atoms with Crippen LogP contribution < -0.4 is 11.0 Å². The van der Waals surface area contributed by atoms with Gasteiger partial charge in [-0.1, -0.05) is 54.1 Å². The predicted molar refractivity (Wildman–Crippen MR) is 135 cm³/mol. The molecule has 0 fully saturated rings. The molecule has 0 saturated carbocycles. The Morgan fingerprint density at radius 3 is 2.25 bits per heavy atom. The molecule has 1 amide bonds. The van der Waals surface area contributed by atoms with Gasteiger partial charge in [-0.3, -0.25) is 9.36 Å². The van der Waals surface area contributed by atoms with Crippen molar-refractivity contribution < 1.29 is 17.6 Å². The van der Waals surface area contributed by atoms with Crippen LogP contribution in [-0.2, 0) is 40.9 Å². The number of halogens is 2. The Bertz CT molecular complexity index is 1520. The minimum atomic E-state index is -2.62. The monoisotopic (exact) mass is 528 g/mol. The minimum Gasteiger partial charge on any atom is -0.350 e. The van der Waals surface area contributed by atoms with E-state index in [-0.39, 0.29) is 31.2 Å². The summed E-state index contributed by atoms with van der Waals surface area (Å²) in [6.45, 7) is -0.361. The van der Waals surface area contributed by atoms with Crippen LogP contribution in [-0.4, -0.2) is 28.7 Å². The smallest absolute Gasteiger partial charge is 0.347 e. The van der Waals surface area contributed by atoms with Crippen molar-refractivity contribution in [2.45, 2.75) is 25.4 Å². The van der Waals surface area contributed by atoms with E-state index in [2.05, 4.69) is 10.4 Å². The lowest BCUT2D eigenvalue weighted by atomic mass is 10.1. The average Bonchev–Trinajstić information content (AvgIpc) is 3.15. The maximum absolute atomic E-state index is 14.3. The first kappa shape index (κ1) is 25.3. The van der Waals surface area contributed by atoms with Crippen LogP contribution in [0.5, 0.6) is 0 Å². The van der Waals surface area contributed by atoms with Gasteiger partial charge in [0.2, 0.25) is 5.91 Å². The summed E-state index contributed by atoms with van der Waals surface area (Å²) in [5, 5.41) is 7.55. The molecular weight excluding hydrogens is 507 g/mol. The Kier molecular flexibility index (Phi) is 7.97. The summed E-state index contributed by atoms with van der Waals surface area (Å²) in [5.74, 6) is -0.824. The summed E-state index contributed by atoms with van der Waals surface area (Å²) >= 11 is 5.99. The molecule has 1 N–H and O–H groups in total. The van der Waals surface area contributed by atoms with E-state index >= 15 is 0 Å². The summed E-state index contributed by atoms with van der Waals surface area (Å²) in [5.41, 5.74) is 1.54. The van der Waals surface area contributed by atoms with Crippen molar-refractivity contribution in [1.29, 1.82) is 0 Å². The lowest BCUT2D eigenvalue weighted by Gasteiger charge is -2.09. The average molecular weight is 529 g/mol. The van der Waals surface area contributed by atoms with Gasteiger partial charge in [-0.25, -0.2) is 22.3 Å². The molecule has 36 heavy (non-hydrogen) atoms. The van der Waals surface area contributed by atoms with Crippen molar-refractivity contribution in [1.82, 2.24) is 19.7 Å². The third-order valence-corrected chi connectivity index (χ3v) is 6.35. The van der Waals surface area contributed by atoms with Crippen LogP contribution in [0.2, 0.25) is 5.02 Å². The molecule has 0 radical (unpaired) electrons. The molecule has 11 heteroatoms. The SMILES string of the molecule is O=C(Cn1nc(-c2ccc(Cl)cc2)n(Cc2ccccc2F)c1=O)NCc1ccccc1C[SH](=O)=O. The van der Waals surface area contributed by atoms with Gasteiger partial charge in [0.1, 0.15) is 23.1 Å². The van der Waals surface area contributed by atoms with Crippen LogP contribution in [0.4, 0.5) is 4.39 Å². The quantitative estimate of drug-likeness (QED) is 0.325. The van der Waals surface area contributed by atoms with E-state index in [1.54, 1.807) is 66.7 Å². The lowest BCUT2D eigenvalue weighted by Crippen LogP contribution is -2.33. The highest BCUT2D eigenvalue weighted by Crippen LogP contribution is 2.20. The molecule has 0 spiro atoms. The van der Waals surface area contributed by atoms with Gasteiger partial charge in [-0.05, 0) is 41.5 Å². The fourth-order valence-electron chi connectivity index (χ4n) is 3.71. The number of hydrogen-bond donors (Lipinski definition) is 2. The second-order valence-corrected chi connectivity index (χ2v) is 9.40. The number of amides is 1. The molecule has 3 aromatic carbocycles. The van der Waals surface area contributed by atoms with Crippen molar-refractivity contribution in [2.75, 3.05) is 0 Å². The maximum atomic E-state index is 14.3. The molecule has 0 saturated heterocycles. The second kappa shape index (κ2) is 11.3. The first-order valence-electron chi connectivity index (χ1n) is 10.9. The zero-order valence-corrected chi connectivity index (χ0v) is 20.6. The van der Waals surface area contributed by atoms with Gasteiger partial charge in [-0.2, -0.15) is 0 Å². The van der Waals surface area contributed by atoms with Gasteiger partial charge < -0.3 is 5.32 Å². The first-order valence-corrected chi connectivity index (χ1v) is 12.7. The van der Waals surface area contributed by atoms with Gasteiger partial charge in [0.25, 0.3) is 0 Å². The van der Waals surface area contributed by atoms with Gasteiger partial charge in [0, 0.05) is 22.7 Å². The molecule has 0 bridgehead atoms. The van der Waals surface area contributed by atoms with Crippen LogP contribution in [0.15, 0.2) is 77.6 Å². The molecule has 186 valence electrons. The molecule has 0 aliphatic heterocycles. The zero-order chi connectivity index (χ0) is 25.7. The van der Waals surface area contributed by atoms with E-state index < -0.39 is 28.1 Å². The van der Waals surface area contributed by atoms with Crippen molar-refractivity contribution >= 4 is 28.2 Å². The Labute approximate surface area is 212 Å². The zero-order valence-electron chi connectivity index (χ0n) is 18.9. The number of rotatable bonds is 9. The molecule has 0 aliphatic carbocycles. The largest absolute Gasteiger partial charge is 0.350 e. The van der Waals surface area contributed by atoms with Crippen LogP contribution in [0.1, 0.15) is 16.7 Å². The highest BCUT2D eigenvalue weighted by atomic mass is 35.5. The Balaban J connectivity index is 1.59. The van der Waals surface area contributed by atoms with E-state index in [1.165, 1.54) is 10.6 Å². The Morgan fingerprint density at radius 2 is 1.58 bits per heavy atom. The summed E-state index contributed by atoms with van der Waals surface area (Å²) in [6.07, 6.45) is 0. The molecule has 0 atom stereocenters. The summed E-state index contributed by atoms with van der Waals surface area (Å²) in [4.78, 5) is 25.9. The summed E-state index contributed by atoms with van der Waals surface area (Å²) in [6, 6.07) is 19.6. The molecule has 1 aromatic heterocycles. The number of hydrogen-bond acceptors (Lipinski definition) is 5. The van der Waals surface area contributed by atoms with E-state index in [4.69, 9.17) is 11.6 Å². The highest BCUT2D eigenvalue weighted by Gasteiger charge is 2.18. The van der Waals surface area contributed by atoms with Crippen LogP contribution in [0.3, 0.4) is 0 Å². The van der Waals surface area contributed by atoms with E-state index in [9.17, 15) is 22.4 Å². The van der Waals surface area contributed by atoms with Crippen LogP contribution in [0, 0.1) is 5.82 Å². The van der Waals surface area contributed by atoms with Crippen LogP contribution in [0.25, 0.3) is 11.4 Å². The number of aromatic nitrogens is 3. The van der Waals surface area contributed by atoms with E-state index in [0.717, 1.165) is 4.68 Å². The third kappa shape index (κ3) is 6.07. The molecule has 4 rings (SSSR count). The summed E-state index contributed by atoms with van der Waals surface area (Å²) in [7, 11) is -2.62. The fourth-order valence-corrected chi connectivity index (χ4v) is 4.42. The number of carbonyl (C=O) groups excluding carboxylic acids is 1. The van der Waals surface area contributed by atoms with E-state index in [0.29, 0.717) is 27.3 Å². The molecule has 8 nitrogen and oxygen atoms in total. The predicted octanol–water partition coefficient (Wildman–Crippen LogP) is 2.98. The first-order chi connectivity index (χ1) is 17.3. The van der Waals surface area contributed by atoms with E-state index in [1.807, 2.05) is 0 Å². The molecule has 0 unspecified atom stereocenters. The third-order valence-electron chi connectivity index (χ3n) is 5.50. The van der Waals surface area contributed by atoms with Crippen molar-refractivity contribution in [3.8, 4) is 11.4 Å². The van der Waals surface area contributed by atoms with Gasteiger partial charge in [0.15, 0.2) is 5.82 Å². The maximum Gasteiger partial charge on any atom is 0.347 e. The molecule has 0 aliphatic rings. The molecular formula is C25H22ClFN4O4S. The van der Waals surface area contributed by atoms with Crippen molar-refractivity contribution in [3.63, 3.8) is 0 Å². The fraction of sp³-hybridized carbons (Fsp3) is 0.160. The van der Waals surface area contributed by atoms with Gasteiger partial charge in [-0.15, -0.1) is 5.10 Å². The molecule has 4 aromatic rings. The number of carbonyl (C=O) groups is 1. The van der Waals surface area contributed by atoms with Crippen molar-refractivity contribution in [2.24, 2.45) is 0 Å².